The van der Waals surface area contributed by atoms with Crippen LogP contribution in [0.5, 0.6) is 0 Å². The largest absolute Gasteiger partial charge is 0.461 e. The number of thioether (sulfide) groups is 1. The number of aliphatic hydroxyl groups excluding tert-OH is 1. The zero-order valence-electron chi connectivity index (χ0n) is 9.55. The Kier molecular flexibility index (Phi) is 4.20. The summed E-state index contributed by atoms with van der Waals surface area (Å²) in [6.07, 6.45) is -5.43. The molecular formula is C11H10F3NO3S. The molecule has 2 heterocycles. The molecule has 2 rings (SSSR count). The SMILES string of the molecule is OC(CSCc1cc(-c2ccco2)on1)C(F)(F)F. The van der Waals surface area contributed by atoms with Crippen molar-refractivity contribution in [2.24, 2.45) is 0 Å². The zero-order valence-corrected chi connectivity index (χ0v) is 10.4. The van der Waals surface area contributed by atoms with E-state index in [1.165, 1.54) is 6.26 Å². The van der Waals surface area contributed by atoms with Crippen LogP contribution in [0.25, 0.3) is 11.5 Å². The minimum Gasteiger partial charge on any atom is -0.461 e. The summed E-state index contributed by atoms with van der Waals surface area (Å²) < 4.78 is 46.2. The number of furan rings is 1. The second-order valence-electron chi connectivity index (χ2n) is 3.73. The van der Waals surface area contributed by atoms with Gasteiger partial charge < -0.3 is 14.0 Å². The Balaban J connectivity index is 1.85. The molecule has 0 radical (unpaired) electrons. The van der Waals surface area contributed by atoms with Gasteiger partial charge in [-0.2, -0.15) is 24.9 Å². The van der Waals surface area contributed by atoms with Gasteiger partial charge in [0.2, 0.25) is 5.76 Å². The van der Waals surface area contributed by atoms with Gasteiger partial charge in [-0.05, 0) is 12.1 Å². The van der Waals surface area contributed by atoms with Crippen LogP contribution in [-0.4, -0.2) is 28.3 Å². The molecular weight excluding hydrogens is 283 g/mol. The van der Waals surface area contributed by atoms with E-state index in [9.17, 15) is 13.2 Å². The first-order valence-electron chi connectivity index (χ1n) is 5.29. The number of aromatic nitrogens is 1. The molecule has 0 fully saturated rings. The monoisotopic (exact) mass is 293 g/mol. The Morgan fingerprint density at radius 3 is 2.79 bits per heavy atom. The van der Waals surface area contributed by atoms with Gasteiger partial charge in [-0.3, -0.25) is 0 Å². The third-order valence-electron chi connectivity index (χ3n) is 2.23. The molecule has 0 aromatic carbocycles. The van der Waals surface area contributed by atoms with E-state index in [4.69, 9.17) is 14.0 Å². The molecule has 8 heteroatoms. The molecule has 0 bridgehead atoms. The van der Waals surface area contributed by atoms with Gasteiger partial charge in [-0.25, -0.2) is 0 Å². The topological polar surface area (TPSA) is 59.4 Å². The fourth-order valence-electron chi connectivity index (χ4n) is 1.28. The number of halogens is 3. The highest BCUT2D eigenvalue weighted by atomic mass is 32.2. The first-order chi connectivity index (χ1) is 8.97. The van der Waals surface area contributed by atoms with Crippen molar-refractivity contribution in [1.82, 2.24) is 5.16 Å². The van der Waals surface area contributed by atoms with E-state index in [1.807, 2.05) is 0 Å². The van der Waals surface area contributed by atoms with Crippen LogP contribution in [0.4, 0.5) is 13.2 Å². The lowest BCUT2D eigenvalue weighted by Crippen LogP contribution is -2.30. The first kappa shape index (κ1) is 14.0. The van der Waals surface area contributed by atoms with Gasteiger partial charge in [0.25, 0.3) is 0 Å². The number of hydrogen-bond acceptors (Lipinski definition) is 5. The van der Waals surface area contributed by atoms with Gasteiger partial charge in [0, 0.05) is 17.6 Å². The van der Waals surface area contributed by atoms with Crippen molar-refractivity contribution >= 4 is 11.8 Å². The Bertz CT molecular complexity index is 509. The third kappa shape index (κ3) is 3.77. The van der Waals surface area contributed by atoms with Crippen molar-refractivity contribution in [3.05, 3.63) is 30.2 Å². The molecule has 104 valence electrons. The average molecular weight is 293 g/mol. The van der Waals surface area contributed by atoms with Crippen molar-refractivity contribution in [2.75, 3.05) is 5.75 Å². The van der Waals surface area contributed by atoms with Gasteiger partial charge >= 0.3 is 6.18 Å². The summed E-state index contributed by atoms with van der Waals surface area (Å²) in [5.41, 5.74) is 0.491. The summed E-state index contributed by atoms with van der Waals surface area (Å²) in [5, 5.41) is 12.5. The van der Waals surface area contributed by atoms with Crippen molar-refractivity contribution < 1.29 is 27.2 Å². The van der Waals surface area contributed by atoms with Gasteiger partial charge in [0.1, 0.15) is 0 Å². The summed E-state index contributed by atoms with van der Waals surface area (Å²) in [5.74, 6) is 0.695. The minimum absolute atomic E-state index is 0.220. The molecule has 0 saturated carbocycles. The van der Waals surface area contributed by atoms with Crippen LogP contribution < -0.4 is 0 Å². The molecule has 1 atom stereocenters. The van der Waals surface area contributed by atoms with Gasteiger partial charge in [-0.1, -0.05) is 5.16 Å². The van der Waals surface area contributed by atoms with Gasteiger partial charge in [0.15, 0.2) is 11.9 Å². The van der Waals surface area contributed by atoms with Crippen molar-refractivity contribution in [2.45, 2.75) is 18.0 Å². The molecule has 0 saturated heterocycles. The Hall–Kier alpha value is -1.41. The maximum Gasteiger partial charge on any atom is 0.415 e. The maximum absolute atomic E-state index is 12.1. The lowest BCUT2D eigenvalue weighted by molar-refractivity contribution is -0.195. The third-order valence-corrected chi connectivity index (χ3v) is 3.28. The van der Waals surface area contributed by atoms with Crippen molar-refractivity contribution in [1.29, 1.82) is 0 Å². The Morgan fingerprint density at radius 1 is 1.37 bits per heavy atom. The summed E-state index contributed by atoms with van der Waals surface area (Å²) >= 11 is 0.929. The van der Waals surface area contributed by atoms with E-state index in [0.717, 1.165) is 11.8 Å². The highest BCUT2D eigenvalue weighted by Gasteiger charge is 2.37. The Labute approximate surface area is 110 Å². The molecule has 2 aromatic rings. The average Bonchev–Trinajstić information content (AvgIpc) is 2.97. The number of alkyl halides is 3. The predicted octanol–water partition coefficient (Wildman–Crippen LogP) is 3.09. The summed E-state index contributed by atoms with van der Waals surface area (Å²) in [6.45, 7) is 0. The molecule has 2 aromatic heterocycles. The van der Waals surface area contributed by atoms with E-state index >= 15 is 0 Å². The fourth-order valence-corrected chi connectivity index (χ4v) is 2.16. The van der Waals surface area contributed by atoms with E-state index in [-0.39, 0.29) is 5.75 Å². The number of aliphatic hydroxyl groups is 1. The van der Waals surface area contributed by atoms with Crippen LogP contribution in [0.1, 0.15) is 5.69 Å². The van der Waals surface area contributed by atoms with Crippen LogP contribution in [0.3, 0.4) is 0 Å². The quantitative estimate of drug-likeness (QED) is 0.918. The normalized spacial score (nSPS) is 13.7. The lowest BCUT2D eigenvalue weighted by atomic mass is 10.3. The summed E-state index contributed by atoms with van der Waals surface area (Å²) in [6, 6.07) is 4.96. The molecule has 1 unspecified atom stereocenters. The van der Waals surface area contributed by atoms with E-state index < -0.39 is 18.0 Å². The second kappa shape index (κ2) is 5.70. The Morgan fingerprint density at radius 2 is 2.16 bits per heavy atom. The highest BCUT2D eigenvalue weighted by molar-refractivity contribution is 7.98. The second-order valence-corrected chi connectivity index (χ2v) is 4.76. The molecule has 0 spiro atoms. The maximum atomic E-state index is 12.1. The fraction of sp³-hybridized carbons (Fsp3) is 0.364. The van der Waals surface area contributed by atoms with Crippen LogP contribution in [0, 0.1) is 0 Å². The standard InChI is InChI=1S/C11H10F3NO3S/c12-11(13,14)10(16)6-19-5-7-4-9(18-15-7)8-2-1-3-17-8/h1-4,10,16H,5-6H2. The summed E-state index contributed by atoms with van der Waals surface area (Å²) in [7, 11) is 0. The first-order valence-corrected chi connectivity index (χ1v) is 6.44. The smallest absolute Gasteiger partial charge is 0.415 e. The molecule has 0 aliphatic carbocycles. The van der Waals surface area contributed by atoms with Gasteiger partial charge in [-0.15, -0.1) is 0 Å². The van der Waals surface area contributed by atoms with Crippen molar-refractivity contribution in [3.63, 3.8) is 0 Å². The molecule has 19 heavy (non-hydrogen) atoms. The minimum atomic E-state index is -4.59. The van der Waals surface area contributed by atoms with E-state index in [1.54, 1.807) is 18.2 Å². The van der Waals surface area contributed by atoms with E-state index in [0.29, 0.717) is 17.2 Å². The molecule has 0 aliphatic rings. The number of hydrogen-bond donors (Lipinski definition) is 1. The molecule has 0 amide bonds. The van der Waals surface area contributed by atoms with Crippen LogP contribution >= 0.6 is 11.8 Å². The lowest BCUT2D eigenvalue weighted by Gasteiger charge is -2.13. The van der Waals surface area contributed by atoms with Crippen LogP contribution in [0.2, 0.25) is 0 Å². The van der Waals surface area contributed by atoms with Crippen LogP contribution in [-0.2, 0) is 5.75 Å². The predicted molar refractivity (Wildman–Crippen MR) is 62.4 cm³/mol. The zero-order chi connectivity index (χ0) is 13.9. The molecule has 4 nitrogen and oxygen atoms in total. The highest BCUT2D eigenvalue weighted by Crippen LogP contribution is 2.26. The molecule has 1 N–H and O–H groups in total. The van der Waals surface area contributed by atoms with Crippen LogP contribution in [0.15, 0.2) is 33.4 Å². The van der Waals surface area contributed by atoms with E-state index in [2.05, 4.69) is 5.16 Å². The number of nitrogens with zero attached hydrogens (tertiary/aromatic N) is 1. The number of rotatable bonds is 5. The molecule has 0 aliphatic heterocycles. The van der Waals surface area contributed by atoms with Gasteiger partial charge in [0.05, 0.1) is 12.0 Å². The summed E-state index contributed by atoms with van der Waals surface area (Å²) in [4.78, 5) is 0. The van der Waals surface area contributed by atoms with Crippen molar-refractivity contribution in [3.8, 4) is 11.5 Å².